The standard InChI is InChI=1S/C15H22ClFN2/c1-11(2)8-18-9-12-6-7-19(10-12)15-13(16)4-3-5-14(15)17/h3-5,11-12,18H,6-10H2,1-2H3. The Bertz CT molecular complexity index is 402. The summed E-state index contributed by atoms with van der Waals surface area (Å²) in [6, 6.07) is 4.88. The predicted molar refractivity (Wildman–Crippen MR) is 79.4 cm³/mol. The lowest BCUT2D eigenvalue weighted by Gasteiger charge is -2.21. The van der Waals surface area contributed by atoms with Crippen molar-refractivity contribution in [3.8, 4) is 0 Å². The van der Waals surface area contributed by atoms with E-state index in [0.717, 1.165) is 32.6 Å². The van der Waals surface area contributed by atoms with Crippen LogP contribution in [-0.2, 0) is 0 Å². The van der Waals surface area contributed by atoms with Gasteiger partial charge in [-0.3, -0.25) is 0 Å². The van der Waals surface area contributed by atoms with Gasteiger partial charge >= 0.3 is 0 Å². The predicted octanol–water partition coefficient (Wildman–Crippen LogP) is 3.55. The molecule has 0 amide bonds. The van der Waals surface area contributed by atoms with Crippen molar-refractivity contribution >= 4 is 17.3 Å². The molecule has 1 heterocycles. The molecule has 0 spiro atoms. The van der Waals surface area contributed by atoms with E-state index in [1.54, 1.807) is 12.1 Å². The number of hydrogen-bond acceptors (Lipinski definition) is 2. The number of nitrogens with one attached hydrogen (secondary N) is 1. The van der Waals surface area contributed by atoms with Gasteiger partial charge in [0.2, 0.25) is 0 Å². The van der Waals surface area contributed by atoms with Gasteiger partial charge < -0.3 is 10.2 Å². The van der Waals surface area contributed by atoms with Crippen LogP contribution < -0.4 is 10.2 Å². The largest absolute Gasteiger partial charge is 0.368 e. The maximum Gasteiger partial charge on any atom is 0.148 e. The molecule has 1 atom stereocenters. The van der Waals surface area contributed by atoms with Crippen LogP contribution in [0.25, 0.3) is 0 Å². The normalized spacial score (nSPS) is 19.4. The zero-order valence-corrected chi connectivity index (χ0v) is 12.4. The highest BCUT2D eigenvalue weighted by atomic mass is 35.5. The molecule has 4 heteroatoms. The number of rotatable bonds is 5. The first-order valence-corrected chi connectivity index (χ1v) is 7.35. The van der Waals surface area contributed by atoms with E-state index < -0.39 is 0 Å². The number of para-hydroxylation sites is 1. The van der Waals surface area contributed by atoms with Gasteiger partial charge in [0.25, 0.3) is 0 Å². The smallest absolute Gasteiger partial charge is 0.148 e. The van der Waals surface area contributed by atoms with E-state index in [4.69, 9.17) is 11.6 Å². The van der Waals surface area contributed by atoms with Crippen LogP contribution in [0.4, 0.5) is 10.1 Å². The third kappa shape index (κ3) is 3.83. The van der Waals surface area contributed by atoms with E-state index in [9.17, 15) is 4.39 Å². The van der Waals surface area contributed by atoms with Crippen molar-refractivity contribution in [2.24, 2.45) is 11.8 Å². The van der Waals surface area contributed by atoms with Crippen molar-refractivity contribution < 1.29 is 4.39 Å². The van der Waals surface area contributed by atoms with Gasteiger partial charge in [-0.05, 0) is 43.5 Å². The van der Waals surface area contributed by atoms with Gasteiger partial charge in [-0.2, -0.15) is 0 Å². The first-order chi connectivity index (χ1) is 9.08. The van der Waals surface area contributed by atoms with E-state index in [-0.39, 0.29) is 5.82 Å². The second kappa shape index (κ2) is 6.58. The van der Waals surface area contributed by atoms with Gasteiger partial charge in [-0.25, -0.2) is 4.39 Å². The minimum Gasteiger partial charge on any atom is -0.368 e. The molecular formula is C15H22ClFN2. The maximum atomic E-state index is 13.8. The molecule has 2 rings (SSSR count). The molecule has 106 valence electrons. The van der Waals surface area contributed by atoms with Crippen molar-refractivity contribution in [1.29, 1.82) is 0 Å². The average Bonchev–Trinajstić information content (AvgIpc) is 2.77. The number of benzene rings is 1. The van der Waals surface area contributed by atoms with Crippen molar-refractivity contribution in [1.82, 2.24) is 5.32 Å². The molecule has 0 bridgehead atoms. The monoisotopic (exact) mass is 284 g/mol. The molecule has 1 aromatic carbocycles. The van der Waals surface area contributed by atoms with Gasteiger partial charge in [0.15, 0.2) is 0 Å². The van der Waals surface area contributed by atoms with Gasteiger partial charge in [0, 0.05) is 13.1 Å². The molecule has 1 aliphatic heterocycles. The Hall–Kier alpha value is -0.800. The van der Waals surface area contributed by atoms with E-state index in [1.165, 1.54) is 6.07 Å². The molecule has 0 aliphatic carbocycles. The van der Waals surface area contributed by atoms with Crippen LogP contribution in [-0.4, -0.2) is 26.2 Å². The lowest BCUT2D eigenvalue weighted by molar-refractivity contribution is 0.477. The molecule has 1 N–H and O–H groups in total. The summed E-state index contributed by atoms with van der Waals surface area (Å²) in [6.45, 7) is 8.21. The fraction of sp³-hybridized carbons (Fsp3) is 0.600. The summed E-state index contributed by atoms with van der Waals surface area (Å²) in [5, 5.41) is 3.98. The third-order valence-corrected chi connectivity index (χ3v) is 3.83. The highest BCUT2D eigenvalue weighted by Gasteiger charge is 2.25. The van der Waals surface area contributed by atoms with Crippen LogP contribution in [0.1, 0.15) is 20.3 Å². The zero-order valence-electron chi connectivity index (χ0n) is 11.6. The van der Waals surface area contributed by atoms with Crippen molar-refractivity contribution in [3.63, 3.8) is 0 Å². The minimum absolute atomic E-state index is 0.219. The van der Waals surface area contributed by atoms with Crippen LogP contribution in [0.5, 0.6) is 0 Å². The second-order valence-corrected chi connectivity index (χ2v) is 6.13. The van der Waals surface area contributed by atoms with Crippen LogP contribution >= 0.6 is 11.6 Å². The summed E-state index contributed by atoms with van der Waals surface area (Å²) in [7, 11) is 0. The Morgan fingerprint density at radius 3 is 2.95 bits per heavy atom. The Labute approximate surface area is 119 Å². The quantitative estimate of drug-likeness (QED) is 0.889. The molecule has 1 aromatic rings. The molecule has 1 fully saturated rings. The molecule has 0 radical (unpaired) electrons. The van der Waals surface area contributed by atoms with E-state index in [0.29, 0.717) is 22.5 Å². The number of halogens is 2. The van der Waals surface area contributed by atoms with Gasteiger partial charge in [-0.15, -0.1) is 0 Å². The third-order valence-electron chi connectivity index (χ3n) is 3.53. The van der Waals surface area contributed by atoms with Gasteiger partial charge in [0.05, 0.1) is 10.7 Å². The maximum absolute atomic E-state index is 13.8. The summed E-state index contributed by atoms with van der Waals surface area (Å²) in [5.74, 6) is 1.02. The average molecular weight is 285 g/mol. The van der Waals surface area contributed by atoms with Crippen LogP contribution in [0.2, 0.25) is 5.02 Å². The topological polar surface area (TPSA) is 15.3 Å². The van der Waals surface area contributed by atoms with Crippen LogP contribution in [0.3, 0.4) is 0 Å². The van der Waals surface area contributed by atoms with Crippen molar-refractivity contribution in [3.05, 3.63) is 29.0 Å². The summed E-state index contributed by atoms with van der Waals surface area (Å²) in [5.41, 5.74) is 0.565. The fourth-order valence-corrected chi connectivity index (χ4v) is 2.85. The zero-order chi connectivity index (χ0) is 13.8. The molecule has 1 unspecified atom stereocenters. The van der Waals surface area contributed by atoms with Gasteiger partial charge in [-0.1, -0.05) is 31.5 Å². The molecule has 2 nitrogen and oxygen atoms in total. The van der Waals surface area contributed by atoms with Crippen molar-refractivity contribution in [2.75, 3.05) is 31.1 Å². The molecule has 1 aliphatic rings. The Morgan fingerprint density at radius 1 is 1.47 bits per heavy atom. The van der Waals surface area contributed by atoms with E-state index >= 15 is 0 Å². The highest BCUT2D eigenvalue weighted by Crippen LogP contribution is 2.32. The molecule has 1 saturated heterocycles. The minimum atomic E-state index is -0.219. The first-order valence-electron chi connectivity index (χ1n) is 6.97. The molecule has 0 aromatic heterocycles. The SMILES string of the molecule is CC(C)CNCC1CCN(c2c(F)cccc2Cl)C1. The summed E-state index contributed by atoms with van der Waals surface area (Å²) >= 11 is 6.11. The number of anilines is 1. The molecule has 0 saturated carbocycles. The Morgan fingerprint density at radius 2 is 2.26 bits per heavy atom. The summed E-state index contributed by atoms with van der Waals surface area (Å²) in [6.07, 6.45) is 1.09. The molecular weight excluding hydrogens is 263 g/mol. The lowest BCUT2D eigenvalue weighted by atomic mass is 10.1. The summed E-state index contributed by atoms with van der Waals surface area (Å²) in [4.78, 5) is 2.07. The lowest BCUT2D eigenvalue weighted by Crippen LogP contribution is -2.29. The summed E-state index contributed by atoms with van der Waals surface area (Å²) < 4.78 is 13.8. The van der Waals surface area contributed by atoms with Crippen molar-refractivity contribution in [2.45, 2.75) is 20.3 Å². The first kappa shape index (κ1) is 14.6. The van der Waals surface area contributed by atoms with Crippen LogP contribution in [0, 0.1) is 17.7 Å². The molecule has 19 heavy (non-hydrogen) atoms. The number of nitrogens with zero attached hydrogens (tertiary/aromatic N) is 1. The van der Waals surface area contributed by atoms with E-state index in [1.807, 2.05) is 0 Å². The fourth-order valence-electron chi connectivity index (χ4n) is 2.57. The number of hydrogen-bond donors (Lipinski definition) is 1. The second-order valence-electron chi connectivity index (χ2n) is 5.72. The van der Waals surface area contributed by atoms with Gasteiger partial charge in [0.1, 0.15) is 5.82 Å². The Kier molecular flexibility index (Phi) is 5.06. The van der Waals surface area contributed by atoms with Crippen LogP contribution in [0.15, 0.2) is 18.2 Å². The highest BCUT2D eigenvalue weighted by molar-refractivity contribution is 6.33. The Balaban J connectivity index is 1.91. The van der Waals surface area contributed by atoms with E-state index in [2.05, 4.69) is 24.1 Å².